The molecule has 2 aliphatic rings. The minimum absolute atomic E-state index is 0.0973. The van der Waals surface area contributed by atoms with Crippen molar-refractivity contribution in [2.45, 2.75) is 37.8 Å². The average Bonchev–Trinajstić information content (AvgIpc) is 2.91. The number of halogens is 2. The van der Waals surface area contributed by atoms with Crippen molar-refractivity contribution in [2.75, 3.05) is 58.2 Å². The van der Waals surface area contributed by atoms with E-state index < -0.39 is 11.6 Å². The molecule has 4 heterocycles. The number of aromatic nitrogens is 3. The molecule has 11 heteroatoms. The van der Waals surface area contributed by atoms with Crippen molar-refractivity contribution in [3.05, 3.63) is 30.0 Å². The largest absolute Gasteiger partial charge is 0.494 e. The molecule has 9 nitrogen and oxygen atoms in total. The number of hydrogen-bond donors (Lipinski definition) is 2. The fourth-order valence-electron chi connectivity index (χ4n) is 4.83. The van der Waals surface area contributed by atoms with Gasteiger partial charge < -0.3 is 29.7 Å². The number of pyridine rings is 1. The van der Waals surface area contributed by atoms with Crippen molar-refractivity contribution < 1.29 is 23.0 Å². The predicted octanol–water partition coefficient (Wildman–Crippen LogP) is 4.08. The molecule has 1 atom stereocenters. The van der Waals surface area contributed by atoms with Crippen LogP contribution < -0.4 is 20.1 Å². The summed E-state index contributed by atoms with van der Waals surface area (Å²) in [6.45, 7) is 3.23. The summed E-state index contributed by atoms with van der Waals surface area (Å²) in [6.07, 6.45) is 5.41. The second-order valence-electron chi connectivity index (χ2n) is 9.55. The lowest BCUT2D eigenvalue weighted by molar-refractivity contribution is 0.0874. The monoisotopic (exact) mass is 514 g/mol. The van der Waals surface area contributed by atoms with Crippen LogP contribution in [0.15, 0.2) is 18.3 Å². The van der Waals surface area contributed by atoms with Crippen LogP contribution in [0.3, 0.4) is 0 Å². The molecule has 0 amide bonds. The minimum Gasteiger partial charge on any atom is -0.494 e. The van der Waals surface area contributed by atoms with Crippen LogP contribution in [0.1, 0.15) is 25.7 Å². The number of nitrogens with zero attached hydrogens (tertiary/aromatic N) is 4. The predicted molar refractivity (Wildman–Crippen MR) is 137 cm³/mol. The molecule has 37 heavy (non-hydrogen) atoms. The molecule has 2 fully saturated rings. The molecule has 3 aromatic rings. The smallest absolute Gasteiger partial charge is 0.223 e. The van der Waals surface area contributed by atoms with Crippen molar-refractivity contribution in [1.29, 1.82) is 0 Å². The molecule has 0 spiro atoms. The van der Waals surface area contributed by atoms with Gasteiger partial charge in [0.05, 0.1) is 38.1 Å². The zero-order valence-corrected chi connectivity index (χ0v) is 21.3. The van der Waals surface area contributed by atoms with E-state index in [0.717, 1.165) is 45.4 Å². The molecule has 0 aliphatic carbocycles. The SMILES string of the molecule is COc1cc(OC)c(F)c(-c2cc3cnc(NC4CCCOC4)nc3c(NC3CCN(C)CC3)n2)c1F. The quantitative estimate of drug-likeness (QED) is 0.484. The summed E-state index contributed by atoms with van der Waals surface area (Å²) < 4.78 is 46.5. The van der Waals surface area contributed by atoms with Gasteiger partial charge in [0, 0.05) is 30.3 Å². The Kier molecular flexibility index (Phi) is 7.52. The lowest BCUT2D eigenvalue weighted by Crippen LogP contribution is -2.37. The molecule has 1 aromatic carbocycles. The van der Waals surface area contributed by atoms with Crippen molar-refractivity contribution in [2.24, 2.45) is 0 Å². The van der Waals surface area contributed by atoms with E-state index in [9.17, 15) is 0 Å². The normalized spacial score (nSPS) is 19.1. The number of ether oxygens (including phenoxy) is 3. The topological polar surface area (TPSA) is 93.7 Å². The van der Waals surface area contributed by atoms with Crippen LogP contribution >= 0.6 is 0 Å². The Bertz CT molecular complexity index is 1230. The van der Waals surface area contributed by atoms with Crippen LogP contribution in [0.2, 0.25) is 0 Å². The molecule has 2 N–H and O–H groups in total. The Morgan fingerprint density at radius 2 is 1.70 bits per heavy atom. The van der Waals surface area contributed by atoms with Gasteiger partial charge in [-0.25, -0.2) is 23.7 Å². The Morgan fingerprint density at radius 3 is 2.35 bits per heavy atom. The molecule has 0 saturated carbocycles. The minimum atomic E-state index is -0.852. The maximum atomic E-state index is 15.4. The molecule has 2 saturated heterocycles. The number of benzene rings is 1. The maximum Gasteiger partial charge on any atom is 0.223 e. The van der Waals surface area contributed by atoms with E-state index in [4.69, 9.17) is 19.2 Å². The highest BCUT2D eigenvalue weighted by molar-refractivity contribution is 5.92. The highest BCUT2D eigenvalue weighted by atomic mass is 19.1. The van der Waals surface area contributed by atoms with Gasteiger partial charge >= 0.3 is 0 Å². The molecular weight excluding hydrogens is 482 g/mol. The lowest BCUT2D eigenvalue weighted by atomic mass is 10.0. The van der Waals surface area contributed by atoms with Crippen molar-refractivity contribution in [3.63, 3.8) is 0 Å². The number of nitrogens with one attached hydrogen (secondary N) is 2. The molecule has 2 aliphatic heterocycles. The summed E-state index contributed by atoms with van der Waals surface area (Å²) in [4.78, 5) is 16.2. The first kappa shape index (κ1) is 25.3. The zero-order chi connectivity index (χ0) is 25.9. The number of methoxy groups -OCH3 is 2. The number of anilines is 2. The average molecular weight is 515 g/mol. The van der Waals surface area contributed by atoms with Gasteiger partial charge in [0.25, 0.3) is 0 Å². The lowest BCUT2D eigenvalue weighted by Gasteiger charge is -2.30. The van der Waals surface area contributed by atoms with E-state index in [0.29, 0.717) is 29.3 Å². The molecular formula is C26H32F2N6O3. The van der Waals surface area contributed by atoms with E-state index in [-0.39, 0.29) is 34.8 Å². The first-order chi connectivity index (χ1) is 18.0. The highest BCUT2D eigenvalue weighted by Crippen LogP contribution is 2.38. The van der Waals surface area contributed by atoms with Gasteiger partial charge in [-0.15, -0.1) is 0 Å². The third-order valence-electron chi connectivity index (χ3n) is 6.95. The van der Waals surface area contributed by atoms with Crippen LogP contribution in [-0.2, 0) is 4.74 Å². The second-order valence-corrected chi connectivity index (χ2v) is 9.55. The Labute approximate surface area is 214 Å². The summed E-state index contributed by atoms with van der Waals surface area (Å²) in [6, 6.07) is 3.04. The molecule has 1 unspecified atom stereocenters. The first-order valence-electron chi connectivity index (χ1n) is 12.5. The van der Waals surface area contributed by atoms with Crippen LogP contribution in [0, 0.1) is 11.6 Å². The number of piperidine rings is 1. The van der Waals surface area contributed by atoms with E-state index in [1.54, 1.807) is 12.3 Å². The summed E-state index contributed by atoms with van der Waals surface area (Å²) in [7, 11) is 4.73. The summed E-state index contributed by atoms with van der Waals surface area (Å²) >= 11 is 0. The molecule has 5 rings (SSSR count). The Hall–Kier alpha value is -3.31. The molecule has 0 bridgehead atoms. The van der Waals surface area contributed by atoms with E-state index >= 15 is 8.78 Å². The summed E-state index contributed by atoms with van der Waals surface area (Å²) in [5.74, 6) is -1.06. The maximum absolute atomic E-state index is 15.4. The van der Waals surface area contributed by atoms with Crippen LogP contribution in [0.25, 0.3) is 22.2 Å². The zero-order valence-electron chi connectivity index (χ0n) is 21.3. The Balaban J connectivity index is 1.59. The fraction of sp³-hybridized carbons (Fsp3) is 0.500. The van der Waals surface area contributed by atoms with Crippen LogP contribution in [0.4, 0.5) is 20.5 Å². The highest BCUT2D eigenvalue weighted by Gasteiger charge is 2.25. The van der Waals surface area contributed by atoms with Gasteiger partial charge in [-0.05, 0) is 51.9 Å². The van der Waals surface area contributed by atoms with Crippen molar-refractivity contribution >= 4 is 22.7 Å². The van der Waals surface area contributed by atoms with Gasteiger partial charge in [-0.1, -0.05) is 0 Å². The van der Waals surface area contributed by atoms with E-state index in [1.807, 2.05) is 0 Å². The van der Waals surface area contributed by atoms with Gasteiger partial charge in [0.1, 0.15) is 5.52 Å². The van der Waals surface area contributed by atoms with Crippen LogP contribution in [0.5, 0.6) is 11.5 Å². The second kappa shape index (κ2) is 11.0. The Morgan fingerprint density at radius 1 is 0.973 bits per heavy atom. The van der Waals surface area contributed by atoms with E-state index in [1.165, 1.54) is 20.3 Å². The number of likely N-dealkylation sites (tertiary alicyclic amines) is 1. The standard InChI is InChI=1S/C26H32F2N6O3/c1-34-8-6-16(7-9-34)30-25-24-15(13-29-26(33-24)31-17-5-4-10-37-14-17)11-18(32-25)21-22(27)19(35-2)12-20(36-3)23(21)28/h11-13,16-17H,4-10,14H2,1-3H3,(H,30,32)(H,29,31,33). The van der Waals surface area contributed by atoms with Gasteiger partial charge in [0.2, 0.25) is 5.95 Å². The van der Waals surface area contributed by atoms with Crippen molar-refractivity contribution in [3.8, 4) is 22.8 Å². The number of rotatable bonds is 7. The van der Waals surface area contributed by atoms with Gasteiger partial charge in [-0.3, -0.25) is 0 Å². The van der Waals surface area contributed by atoms with Crippen LogP contribution in [-0.4, -0.2) is 79.5 Å². The molecule has 0 radical (unpaired) electrons. The summed E-state index contributed by atoms with van der Waals surface area (Å²) in [5.41, 5.74) is 0.346. The first-order valence-corrected chi connectivity index (χ1v) is 12.5. The molecule has 198 valence electrons. The third-order valence-corrected chi connectivity index (χ3v) is 6.95. The fourth-order valence-corrected chi connectivity index (χ4v) is 4.83. The van der Waals surface area contributed by atoms with Gasteiger partial charge in [-0.2, -0.15) is 0 Å². The third kappa shape index (κ3) is 5.37. The number of hydrogen-bond acceptors (Lipinski definition) is 9. The number of fused-ring (bicyclic) bond motifs is 1. The molecule has 2 aromatic heterocycles. The van der Waals surface area contributed by atoms with E-state index in [2.05, 4.69) is 32.5 Å². The summed E-state index contributed by atoms with van der Waals surface area (Å²) in [5, 5.41) is 7.44. The van der Waals surface area contributed by atoms with Crippen molar-refractivity contribution in [1.82, 2.24) is 19.9 Å². The van der Waals surface area contributed by atoms with Gasteiger partial charge in [0.15, 0.2) is 29.0 Å².